The molecule has 3 aromatic rings. The first kappa shape index (κ1) is 23.4. The topological polar surface area (TPSA) is 84.2 Å². The molecule has 2 heterocycles. The van der Waals surface area contributed by atoms with E-state index in [-0.39, 0.29) is 11.4 Å². The number of fused-ring (bicyclic) bond motifs is 1. The van der Waals surface area contributed by atoms with Gasteiger partial charge in [0.25, 0.3) is 5.91 Å². The Hall–Kier alpha value is -4.30. The van der Waals surface area contributed by atoms with Gasteiger partial charge in [-0.15, -0.1) is 0 Å². The van der Waals surface area contributed by atoms with Crippen molar-refractivity contribution >= 4 is 40.4 Å². The van der Waals surface area contributed by atoms with Gasteiger partial charge in [0.05, 0.1) is 18.4 Å². The molecule has 0 fully saturated rings. The van der Waals surface area contributed by atoms with Gasteiger partial charge in [-0.05, 0) is 53.6 Å². The molecular weight excluding hydrogens is 474 g/mol. The number of ether oxygens (including phenoxy) is 3. The van der Waals surface area contributed by atoms with Gasteiger partial charge in [0.1, 0.15) is 36.3 Å². The fourth-order valence-electron chi connectivity index (χ4n) is 3.77. The Morgan fingerprint density at radius 3 is 2.39 bits per heavy atom. The maximum absolute atomic E-state index is 12.8. The van der Waals surface area contributed by atoms with Crippen LogP contribution in [0.15, 0.2) is 94.8 Å². The summed E-state index contributed by atoms with van der Waals surface area (Å²) in [6.45, 7) is 0.726. The molecule has 0 saturated heterocycles. The maximum Gasteiger partial charge on any atom is 0.283 e. The zero-order chi connectivity index (χ0) is 24.9. The standard InChI is InChI=1S/C28H23N3O4S/c1-33-21-10-12-22(13-11-21)34-14-15-35-23-9-5-6-19(16-23)17-24-26(29)31-25(20-7-3-2-4-8-20)18-36-28(31)30-27(24)32/h2-13,16-18,29H,14-15H2,1H3/b24-17-,29-26?. The highest BCUT2D eigenvalue weighted by atomic mass is 32.2. The van der Waals surface area contributed by atoms with Crippen molar-refractivity contribution in [2.75, 3.05) is 20.3 Å². The van der Waals surface area contributed by atoms with Crippen LogP contribution in [0.4, 0.5) is 0 Å². The second-order valence-corrected chi connectivity index (χ2v) is 8.71. The van der Waals surface area contributed by atoms with Crippen LogP contribution < -0.4 is 14.2 Å². The van der Waals surface area contributed by atoms with Crippen LogP contribution in [0, 0.1) is 5.41 Å². The van der Waals surface area contributed by atoms with E-state index < -0.39 is 5.91 Å². The summed E-state index contributed by atoms with van der Waals surface area (Å²) in [6.07, 6.45) is 1.68. The van der Waals surface area contributed by atoms with Crippen molar-refractivity contribution in [2.45, 2.75) is 0 Å². The molecule has 7 nitrogen and oxygen atoms in total. The molecular formula is C28H23N3O4S. The van der Waals surface area contributed by atoms with Crippen molar-refractivity contribution in [1.29, 1.82) is 5.41 Å². The van der Waals surface area contributed by atoms with E-state index >= 15 is 0 Å². The molecule has 36 heavy (non-hydrogen) atoms. The average Bonchev–Trinajstić information content (AvgIpc) is 3.34. The number of thioether (sulfide) groups is 1. The third kappa shape index (κ3) is 5.04. The summed E-state index contributed by atoms with van der Waals surface area (Å²) in [5, 5.41) is 11.2. The SMILES string of the molecule is COc1ccc(OCCOc2cccc(/C=C3/C(=N)N4C(c5ccccc5)=CSC4=NC3=O)c2)cc1. The first-order valence-corrected chi connectivity index (χ1v) is 12.2. The summed E-state index contributed by atoms with van der Waals surface area (Å²) in [7, 11) is 1.62. The summed E-state index contributed by atoms with van der Waals surface area (Å²) >= 11 is 1.35. The van der Waals surface area contributed by atoms with Gasteiger partial charge in [0.2, 0.25) is 0 Å². The van der Waals surface area contributed by atoms with E-state index in [1.807, 2.05) is 84.3 Å². The molecule has 0 aromatic heterocycles. The molecule has 0 aliphatic carbocycles. The van der Waals surface area contributed by atoms with Gasteiger partial charge in [-0.25, -0.2) is 0 Å². The molecule has 0 spiro atoms. The number of nitrogens with zero attached hydrogens (tertiary/aromatic N) is 2. The lowest BCUT2D eigenvalue weighted by molar-refractivity contribution is -0.114. The maximum atomic E-state index is 12.8. The van der Waals surface area contributed by atoms with E-state index in [1.165, 1.54) is 11.8 Å². The number of rotatable bonds is 8. The highest BCUT2D eigenvalue weighted by Crippen LogP contribution is 2.37. The molecule has 3 aromatic carbocycles. The molecule has 1 N–H and O–H groups in total. The minimum Gasteiger partial charge on any atom is -0.497 e. The lowest BCUT2D eigenvalue weighted by Gasteiger charge is -2.26. The number of benzene rings is 3. The van der Waals surface area contributed by atoms with Gasteiger partial charge in [-0.2, -0.15) is 4.99 Å². The van der Waals surface area contributed by atoms with Crippen molar-refractivity contribution < 1.29 is 19.0 Å². The fraction of sp³-hybridized carbons (Fsp3) is 0.107. The van der Waals surface area contributed by atoms with Crippen LogP contribution in [0.1, 0.15) is 11.1 Å². The lowest BCUT2D eigenvalue weighted by Crippen LogP contribution is -2.38. The third-order valence-corrected chi connectivity index (χ3v) is 6.36. The van der Waals surface area contributed by atoms with Gasteiger partial charge < -0.3 is 14.2 Å². The normalized spacial score (nSPS) is 15.9. The smallest absolute Gasteiger partial charge is 0.283 e. The first-order valence-electron chi connectivity index (χ1n) is 11.3. The van der Waals surface area contributed by atoms with Gasteiger partial charge in [0, 0.05) is 5.41 Å². The third-order valence-electron chi connectivity index (χ3n) is 5.53. The average molecular weight is 498 g/mol. The van der Waals surface area contributed by atoms with E-state index in [0.29, 0.717) is 24.1 Å². The Morgan fingerprint density at radius 2 is 1.64 bits per heavy atom. The van der Waals surface area contributed by atoms with E-state index in [0.717, 1.165) is 28.3 Å². The summed E-state index contributed by atoms with van der Waals surface area (Å²) in [5.74, 6) is 1.82. The molecule has 0 radical (unpaired) electrons. The number of amides is 1. The number of hydrogen-bond donors (Lipinski definition) is 1. The minimum absolute atomic E-state index is 0.101. The van der Waals surface area contributed by atoms with Crippen molar-refractivity contribution in [3.63, 3.8) is 0 Å². The van der Waals surface area contributed by atoms with E-state index in [2.05, 4.69) is 4.99 Å². The van der Waals surface area contributed by atoms with Crippen LogP contribution in [0.5, 0.6) is 17.2 Å². The van der Waals surface area contributed by atoms with Gasteiger partial charge in [-0.1, -0.05) is 54.2 Å². The Morgan fingerprint density at radius 1 is 0.917 bits per heavy atom. The number of nitrogens with one attached hydrogen (secondary N) is 1. The van der Waals surface area contributed by atoms with Crippen molar-refractivity contribution in [1.82, 2.24) is 4.90 Å². The second-order valence-electron chi connectivity index (χ2n) is 7.87. The molecule has 5 rings (SSSR count). The van der Waals surface area contributed by atoms with Crippen molar-refractivity contribution in [2.24, 2.45) is 4.99 Å². The lowest BCUT2D eigenvalue weighted by atomic mass is 10.1. The Balaban J connectivity index is 1.26. The zero-order valence-corrected chi connectivity index (χ0v) is 20.3. The van der Waals surface area contributed by atoms with Crippen molar-refractivity contribution in [3.8, 4) is 17.2 Å². The van der Waals surface area contributed by atoms with Crippen LogP contribution in [-0.2, 0) is 4.79 Å². The largest absolute Gasteiger partial charge is 0.497 e. The minimum atomic E-state index is -0.430. The van der Waals surface area contributed by atoms with Crippen molar-refractivity contribution in [3.05, 3.63) is 101 Å². The quantitative estimate of drug-likeness (QED) is 0.329. The van der Waals surface area contributed by atoms with Gasteiger partial charge in [-0.3, -0.25) is 15.1 Å². The molecule has 2 aliphatic heterocycles. The van der Waals surface area contributed by atoms with Gasteiger partial charge in [0.15, 0.2) is 5.17 Å². The molecule has 0 bridgehead atoms. The fourth-order valence-corrected chi connectivity index (χ4v) is 4.66. The number of amidine groups is 2. The zero-order valence-electron chi connectivity index (χ0n) is 19.5. The Labute approximate surface area is 213 Å². The number of hydrogen-bond acceptors (Lipinski definition) is 6. The number of carbonyl (C=O) groups is 1. The van der Waals surface area contributed by atoms with Crippen LogP contribution in [0.3, 0.4) is 0 Å². The highest BCUT2D eigenvalue weighted by molar-refractivity contribution is 8.17. The summed E-state index contributed by atoms with van der Waals surface area (Å²) < 4.78 is 16.7. The first-order chi connectivity index (χ1) is 17.6. The van der Waals surface area contributed by atoms with Crippen LogP contribution in [-0.4, -0.2) is 42.1 Å². The molecule has 180 valence electrons. The predicted octanol–water partition coefficient (Wildman–Crippen LogP) is 5.46. The van der Waals surface area contributed by atoms with E-state index in [4.69, 9.17) is 19.6 Å². The number of carbonyl (C=O) groups excluding carboxylic acids is 1. The van der Waals surface area contributed by atoms with E-state index in [1.54, 1.807) is 18.1 Å². The predicted molar refractivity (Wildman–Crippen MR) is 142 cm³/mol. The molecule has 2 aliphatic rings. The molecule has 0 unspecified atom stereocenters. The monoisotopic (exact) mass is 497 g/mol. The van der Waals surface area contributed by atoms with Crippen LogP contribution in [0.25, 0.3) is 11.8 Å². The Bertz CT molecular complexity index is 1380. The summed E-state index contributed by atoms with van der Waals surface area (Å²) in [5.41, 5.74) is 2.76. The summed E-state index contributed by atoms with van der Waals surface area (Å²) in [6, 6.07) is 24.5. The molecule has 0 saturated carbocycles. The number of aliphatic imine (C=N–C) groups is 1. The van der Waals surface area contributed by atoms with Gasteiger partial charge >= 0.3 is 0 Å². The molecule has 0 atom stereocenters. The van der Waals surface area contributed by atoms with Crippen LogP contribution in [0.2, 0.25) is 0 Å². The second kappa shape index (κ2) is 10.5. The Kier molecular flexibility index (Phi) is 6.86. The highest BCUT2D eigenvalue weighted by Gasteiger charge is 2.36. The number of methoxy groups -OCH3 is 1. The molecule has 1 amide bonds. The van der Waals surface area contributed by atoms with E-state index in [9.17, 15) is 4.79 Å². The van der Waals surface area contributed by atoms with Crippen LogP contribution >= 0.6 is 11.8 Å². The molecule has 8 heteroatoms. The summed E-state index contributed by atoms with van der Waals surface area (Å²) in [4.78, 5) is 18.7.